The molecule has 0 saturated heterocycles. The minimum absolute atomic E-state index is 0.700. The van der Waals surface area contributed by atoms with Crippen molar-refractivity contribution in [2.45, 2.75) is 13.8 Å². The smallest absolute Gasteiger partial charge is 0.158 e. The molecule has 0 aliphatic heterocycles. The second-order valence-corrected chi connectivity index (χ2v) is 4.21. The van der Waals surface area contributed by atoms with Crippen LogP contribution in [-0.2, 0) is 0 Å². The second-order valence-electron chi connectivity index (χ2n) is 4.21. The van der Waals surface area contributed by atoms with Crippen molar-refractivity contribution in [1.29, 1.82) is 0 Å². The van der Waals surface area contributed by atoms with E-state index in [2.05, 4.69) is 25.5 Å². The fraction of sp³-hybridized carbons (Fsp3) is 0.167. The minimum Gasteiger partial charge on any atom is -0.308 e. The highest BCUT2D eigenvalue weighted by Gasteiger charge is 2.13. The normalized spacial score (nSPS) is 10.9. The first-order valence-electron chi connectivity index (χ1n) is 5.80. The maximum Gasteiger partial charge on any atom is 0.158 e. The van der Waals surface area contributed by atoms with Crippen molar-refractivity contribution in [3.05, 3.63) is 35.9 Å². The second kappa shape index (κ2) is 4.29. The topological polar surface area (TPSA) is 94.0 Å². The lowest BCUT2D eigenvalue weighted by atomic mass is 10.2. The molecule has 0 bridgehead atoms. The van der Waals surface area contributed by atoms with Crippen LogP contribution >= 0.6 is 0 Å². The van der Waals surface area contributed by atoms with Gasteiger partial charge in [0, 0.05) is 29.7 Å². The summed E-state index contributed by atoms with van der Waals surface area (Å²) in [5, 5.41) is 4.46. The molecule has 0 amide bonds. The average Bonchev–Trinajstić information content (AvgIpc) is 2.84. The highest BCUT2D eigenvalue weighted by atomic mass is 15.4. The summed E-state index contributed by atoms with van der Waals surface area (Å²) in [6.07, 6.45) is 4.92. The van der Waals surface area contributed by atoms with Crippen molar-refractivity contribution in [3.8, 4) is 11.4 Å². The van der Waals surface area contributed by atoms with Gasteiger partial charge in [-0.3, -0.25) is 9.97 Å². The number of anilines is 1. The Morgan fingerprint density at radius 2 is 2.05 bits per heavy atom. The number of nitrogens with zero attached hydrogens (tertiary/aromatic N) is 5. The van der Waals surface area contributed by atoms with Crippen LogP contribution < -0.4 is 11.3 Å². The third-order valence-electron chi connectivity index (χ3n) is 3.04. The highest BCUT2D eigenvalue weighted by molar-refractivity contribution is 5.63. The van der Waals surface area contributed by atoms with E-state index >= 15 is 0 Å². The molecule has 0 aliphatic rings. The van der Waals surface area contributed by atoms with Crippen molar-refractivity contribution in [2.24, 2.45) is 5.84 Å². The number of hydrazine groups is 1. The zero-order chi connectivity index (χ0) is 13.4. The quantitative estimate of drug-likeness (QED) is 0.526. The molecular formula is C12H13N7. The van der Waals surface area contributed by atoms with E-state index in [0.29, 0.717) is 11.4 Å². The first-order valence-corrected chi connectivity index (χ1v) is 5.80. The SMILES string of the molecule is Cc1nc2cc(-c3cnccn3)nn2c(NN)c1C. The summed E-state index contributed by atoms with van der Waals surface area (Å²) in [6.45, 7) is 3.88. The van der Waals surface area contributed by atoms with Crippen molar-refractivity contribution >= 4 is 11.5 Å². The van der Waals surface area contributed by atoms with Gasteiger partial charge in [-0.1, -0.05) is 0 Å². The summed E-state index contributed by atoms with van der Waals surface area (Å²) >= 11 is 0. The molecule has 0 saturated carbocycles. The Morgan fingerprint density at radius 1 is 1.21 bits per heavy atom. The molecule has 0 aliphatic carbocycles. The molecule has 3 rings (SSSR count). The van der Waals surface area contributed by atoms with Crippen LogP contribution in [0.3, 0.4) is 0 Å². The van der Waals surface area contributed by atoms with Gasteiger partial charge in [0.2, 0.25) is 0 Å². The van der Waals surface area contributed by atoms with Gasteiger partial charge >= 0.3 is 0 Å². The highest BCUT2D eigenvalue weighted by Crippen LogP contribution is 2.22. The van der Waals surface area contributed by atoms with E-state index in [1.54, 1.807) is 23.1 Å². The van der Waals surface area contributed by atoms with Crippen LogP contribution in [0.5, 0.6) is 0 Å². The average molecular weight is 255 g/mol. The van der Waals surface area contributed by atoms with Gasteiger partial charge in [-0.25, -0.2) is 10.8 Å². The molecule has 3 heterocycles. The molecule has 3 aromatic rings. The molecule has 7 nitrogen and oxygen atoms in total. The van der Waals surface area contributed by atoms with Gasteiger partial charge in [0.05, 0.1) is 6.20 Å². The summed E-state index contributed by atoms with van der Waals surface area (Å²) in [6, 6.07) is 1.86. The predicted octanol–water partition coefficient (Wildman–Crippen LogP) is 1.09. The molecule has 0 unspecified atom stereocenters. The largest absolute Gasteiger partial charge is 0.308 e. The lowest BCUT2D eigenvalue weighted by molar-refractivity contribution is 0.913. The molecule has 96 valence electrons. The van der Waals surface area contributed by atoms with Crippen LogP contribution in [0.1, 0.15) is 11.3 Å². The molecule has 19 heavy (non-hydrogen) atoms. The minimum atomic E-state index is 0.700. The van der Waals surface area contributed by atoms with Crippen LogP contribution in [0.2, 0.25) is 0 Å². The van der Waals surface area contributed by atoms with Gasteiger partial charge in [-0.15, -0.1) is 0 Å². The molecular weight excluding hydrogens is 242 g/mol. The van der Waals surface area contributed by atoms with Gasteiger partial charge in [-0.2, -0.15) is 9.61 Å². The van der Waals surface area contributed by atoms with Crippen molar-refractivity contribution in [3.63, 3.8) is 0 Å². The van der Waals surface area contributed by atoms with Crippen LogP contribution in [-0.4, -0.2) is 24.6 Å². The van der Waals surface area contributed by atoms with Gasteiger partial charge in [0.1, 0.15) is 17.2 Å². The van der Waals surface area contributed by atoms with E-state index in [1.807, 2.05) is 19.9 Å². The van der Waals surface area contributed by atoms with Crippen molar-refractivity contribution in [1.82, 2.24) is 24.6 Å². The predicted molar refractivity (Wildman–Crippen MR) is 71.3 cm³/mol. The molecule has 0 aromatic carbocycles. The molecule has 7 heteroatoms. The number of aromatic nitrogens is 5. The van der Waals surface area contributed by atoms with Crippen molar-refractivity contribution < 1.29 is 0 Å². The number of hydrogen-bond acceptors (Lipinski definition) is 6. The Balaban J connectivity index is 2.27. The van der Waals surface area contributed by atoms with E-state index in [0.717, 1.165) is 22.7 Å². The number of nitrogens with one attached hydrogen (secondary N) is 1. The Bertz CT molecular complexity index is 733. The van der Waals surface area contributed by atoms with Gasteiger partial charge in [0.15, 0.2) is 5.65 Å². The molecule has 0 fully saturated rings. The molecule has 0 radical (unpaired) electrons. The van der Waals surface area contributed by atoms with E-state index in [1.165, 1.54) is 0 Å². The molecule has 3 N–H and O–H groups in total. The van der Waals surface area contributed by atoms with Gasteiger partial charge < -0.3 is 5.43 Å². The van der Waals surface area contributed by atoms with Crippen LogP contribution in [0.15, 0.2) is 24.7 Å². The Morgan fingerprint density at radius 3 is 2.74 bits per heavy atom. The Hall–Kier alpha value is -2.54. The number of hydrogen-bond donors (Lipinski definition) is 2. The third kappa shape index (κ3) is 1.80. The Kier molecular flexibility index (Phi) is 2.60. The van der Waals surface area contributed by atoms with Gasteiger partial charge in [-0.05, 0) is 13.8 Å². The first kappa shape index (κ1) is 11.5. The van der Waals surface area contributed by atoms with Crippen LogP contribution in [0, 0.1) is 13.8 Å². The maximum absolute atomic E-state index is 5.57. The van der Waals surface area contributed by atoms with Gasteiger partial charge in [0.25, 0.3) is 0 Å². The number of rotatable bonds is 2. The standard InChI is InChI=1S/C12H13N7/c1-7-8(2)16-11-5-9(10-6-14-3-4-15-10)18-19(11)12(7)17-13/h3-6,17H,13H2,1-2H3. The zero-order valence-corrected chi connectivity index (χ0v) is 10.6. The van der Waals surface area contributed by atoms with E-state index < -0.39 is 0 Å². The summed E-state index contributed by atoms with van der Waals surface area (Å²) in [5.74, 6) is 6.29. The first-order chi connectivity index (χ1) is 9.20. The molecule has 0 spiro atoms. The lowest BCUT2D eigenvalue weighted by Crippen LogP contribution is -2.14. The lowest BCUT2D eigenvalue weighted by Gasteiger charge is -2.08. The molecule has 3 aromatic heterocycles. The number of nitrogens with two attached hydrogens (primary N) is 1. The van der Waals surface area contributed by atoms with E-state index in [-0.39, 0.29) is 0 Å². The number of nitrogen functional groups attached to an aromatic ring is 1. The van der Waals surface area contributed by atoms with E-state index in [9.17, 15) is 0 Å². The van der Waals surface area contributed by atoms with Crippen molar-refractivity contribution in [2.75, 3.05) is 5.43 Å². The van der Waals surface area contributed by atoms with Crippen LogP contribution in [0.25, 0.3) is 17.0 Å². The Labute approximate surface area is 109 Å². The zero-order valence-electron chi connectivity index (χ0n) is 10.6. The van der Waals surface area contributed by atoms with E-state index in [4.69, 9.17) is 5.84 Å². The fourth-order valence-corrected chi connectivity index (χ4v) is 1.93. The maximum atomic E-state index is 5.57. The number of aryl methyl sites for hydroxylation is 1. The molecule has 0 atom stereocenters. The summed E-state index contributed by atoms with van der Waals surface area (Å²) in [4.78, 5) is 12.7. The fourth-order valence-electron chi connectivity index (χ4n) is 1.93. The monoisotopic (exact) mass is 255 g/mol. The summed E-state index contributed by atoms with van der Waals surface area (Å²) < 4.78 is 1.67. The third-order valence-corrected chi connectivity index (χ3v) is 3.04. The summed E-state index contributed by atoms with van der Waals surface area (Å²) in [5.41, 5.74) is 6.67. The summed E-state index contributed by atoms with van der Waals surface area (Å²) in [7, 11) is 0. The van der Waals surface area contributed by atoms with Crippen LogP contribution in [0.4, 0.5) is 5.82 Å². The number of fused-ring (bicyclic) bond motifs is 1.